The van der Waals surface area contributed by atoms with Crippen molar-refractivity contribution in [3.05, 3.63) is 66.0 Å². The third-order valence-electron chi connectivity index (χ3n) is 4.42. The molecule has 0 bridgehead atoms. The fraction of sp³-hybridized carbons (Fsp3) is 0.348. The first-order valence-electron chi connectivity index (χ1n) is 9.84. The Morgan fingerprint density at radius 3 is 2.66 bits per heavy atom. The highest BCUT2D eigenvalue weighted by Gasteiger charge is 2.21. The van der Waals surface area contributed by atoms with Crippen LogP contribution in [0.1, 0.15) is 44.9 Å². The zero-order valence-electron chi connectivity index (χ0n) is 17.5. The molecular formula is C23H28N4O2. The van der Waals surface area contributed by atoms with Gasteiger partial charge in [0, 0.05) is 24.1 Å². The van der Waals surface area contributed by atoms with Crippen molar-refractivity contribution in [3.63, 3.8) is 0 Å². The monoisotopic (exact) mass is 392 g/mol. The van der Waals surface area contributed by atoms with Crippen LogP contribution in [0.4, 0.5) is 5.82 Å². The van der Waals surface area contributed by atoms with E-state index in [1.54, 1.807) is 10.9 Å². The molecule has 0 aliphatic carbocycles. The average molecular weight is 393 g/mol. The number of hydrogen-bond donors (Lipinski definition) is 1. The van der Waals surface area contributed by atoms with Gasteiger partial charge in [0.15, 0.2) is 5.82 Å². The van der Waals surface area contributed by atoms with Crippen LogP contribution in [0.15, 0.2) is 54.7 Å². The molecule has 0 radical (unpaired) electrons. The lowest BCUT2D eigenvalue weighted by atomic mass is 9.92. The molecule has 0 saturated carbocycles. The van der Waals surface area contributed by atoms with Gasteiger partial charge in [0.05, 0.1) is 12.3 Å². The van der Waals surface area contributed by atoms with Crippen LogP contribution in [0.25, 0.3) is 5.82 Å². The first kappa shape index (κ1) is 20.6. The van der Waals surface area contributed by atoms with E-state index in [9.17, 15) is 4.79 Å². The molecular weight excluding hydrogens is 364 g/mol. The van der Waals surface area contributed by atoms with Gasteiger partial charge < -0.3 is 10.1 Å². The molecule has 3 aromatic rings. The highest BCUT2D eigenvalue weighted by atomic mass is 16.5. The van der Waals surface area contributed by atoms with E-state index in [2.05, 4.69) is 36.2 Å². The van der Waals surface area contributed by atoms with E-state index in [1.807, 2.05) is 55.5 Å². The van der Waals surface area contributed by atoms with Gasteiger partial charge in [-0.25, -0.2) is 4.98 Å². The van der Waals surface area contributed by atoms with E-state index < -0.39 is 0 Å². The molecule has 2 aromatic heterocycles. The first-order chi connectivity index (χ1) is 13.8. The minimum absolute atomic E-state index is 0.0737. The van der Waals surface area contributed by atoms with E-state index in [0.29, 0.717) is 31.1 Å². The van der Waals surface area contributed by atoms with Crippen molar-refractivity contribution < 1.29 is 9.53 Å². The third kappa shape index (κ3) is 5.67. The summed E-state index contributed by atoms with van der Waals surface area (Å²) in [6, 6.07) is 15.4. The van der Waals surface area contributed by atoms with Crippen molar-refractivity contribution >= 4 is 11.7 Å². The minimum atomic E-state index is -0.138. The predicted octanol–water partition coefficient (Wildman–Crippen LogP) is 4.67. The molecule has 6 nitrogen and oxygen atoms in total. The highest BCUT2D eigenvalue weighted by Crippen LogP contribution is 2.26. The Bertz CT molecular complexity index is 959. The molecule has 0 unspecified atom stereocenters. The van der Waals surface area contributed by atoms with Crippen molar-refractivity contribution in [3.8, 4) is 11.6 Å². The predicted molar refractivity (Wildman–Crippen MR) is 115 cm³/mol. The van der Waals surface area contributed by atoms with Crippen molar-refractivity contribution in [2.45, 2.75) is 46.0 Å². The van der Waals surface area contributed by atoms with Crippen molar-refractivity contribution in [1.29, 1.82) is 0 Å². The molecule has 0 aliphatic heterocycles. The summed E-state index contributed by atoms with van der Waals surface area (Å²) in [5.41, 5.74) is 1.90. The van der Waals surface area contributed by atoms with Crippen molar-refractivity contribution in [1.82, 2.24) is 14.8 Å². The number of aromatic nitrogens is 3. The summed E-state index contributed by atoms with van der Waals surface area (Å²) in [7, 11) is 0. The summed E-state index contributed by atoms with van der Waals surface area (Å²) in [6.07, 6.45) is 2.70. The highest BCUT2D eigenvalue weighted by molar-refractivity contribution is 5.90. The zero-order valence-corrected chi connectivity index (χ0v) is 17.5. The van der Waals surface area contributed by atoms with Crippen LogP contribution in [0.5, 0.6) is 5.75 Å². The summed E-state index contributed by atoms with van der Waals surface area (Å²) in [6.45, 7) is 8.78. The molecule has 0 aliphatic rings. The van der Waals surface area contributed by atoms with Gasteiger partial charge in [0.1, 0.15) is 11.6 Å². The number of aryl methyl sites for hydroxylation is 1. The number of hydrogen-bond acceptors (Lipinski definition) is 4. The Morgan fingerprint density at radius 2 is 1.97 bits per heavy atom. The van der Waals surface area contributed by atoms with Crippen molar-refractivity contribution in [2.24, 2.45) is 0 Å². The molecule has 0 saturated heterocycles. The van der Waals surface area contributed by atoms with Crippen LogP contribution in [-0.4, -0.2) is 27.3 Å². The largest absolute Gasteiger partial charge is 0.494 e. The maximum atomic E-state index is 12.5. The Kier molecular flexibility index (Phi) is 6.32. The van der Waals surface area contributed by atoms with Crippen LogP contribution >= 0.6 is 0 Å². The lowest BCUT2D eigenvalue weighted by Crippen LogP contribution is -2.16. The lowest BCUT2D eigenvalue weighted by molar-refractivity contribution is -0.116. The van der Waals surface area contributed by atoms with Crippen LogP contribution in [-0.2, 0) is 10.2 Å². The normalized spacial score (nSPS) is 11.3. The second-order valence-electron chi connectivity index (χ2n) is 8.08. The topological polar surface area (TPSA) is 69.0 Å². The van der Waals surface area contributed by atoms with E-state index in [-0.39, 0.29) is 11.3 Å². The standard InChI is InChI=1S/C23H28N4O2/c1-17-9-7-10-18(15-17)29-14-8-12-22(28)25-21-16-19(23(2,3)4)26-27(21)20-11-5-6-13-24-20/h5-7,9-11,13,15-16H,8,12,14H2,1-4H3,(H,25,28). The molecule has 2 heterocycles. The summed E-state index contributed by atoms with van der Waals surface area (Å²) in [4.78, 5) is 16.8. The number of nitrogens with zero attached hydrogens (tertiary/aromatic N) is 3. The van der Waals surface area contributed by atoms with E-state index >= 15 is 0 Å². The number of ether oxygens (including phenoxy) is 1. The summed E-state index contributed by atoms with van der Waals surface area (Å²) < 4.78 is 7.40. The van der Waals surface area contributed by atoms with E-state index in [4.69, 9.17) is 4.74 Å². The maximum absolute atomic E-state index is 12.5. The van der Waals surface area contributed by atoms with E-state index in [1.165, 1.54) is 0 Å². The Labute approximate surface area is 171 Å². The molecule has 29 heavy (non-hydrogen) atoms. The number of carbonyl (C=O) groups is 1. The summed E-state index contributed by atoms with van der Waals surface area (Å²) in [5, 5.41) is 7.64. The molecule has 1 N–H and O–H groups in total. The van der Waals surface area contributed by atoms with Gasteiger partial charge >= 0.3 is 0 Å². The lowest BCUT2D eigenvalue weighted by Gasteiger charge is -2.13. The molecule has 0 spiro atoms. The van der Waals surface area contributed by atoms with Crippen LogP contribution in [0.2, 0.25) is 0 Å². The van der Waals surface area contributed by atoms with E-state index in [0.717, 1.165) is 17.0 Å². The van der Waals surface area contributed by atoms with Gasteiger partial charge in [-0.05, 0) is 43.2 Å². The van der Waals surface area contributed by atoms with Gasteiger partial charge in [-0.1, -0.05) is 39.0 Å². The van der Waals surface area contributed by atoms with Gasteiger partial charge in [-0.2, -0.15) is 9.78 Å². The Hall–Kier alpha value is -3.15. The minimum Gasteiger partial charge on any atom is -0.494 e. The number of rotatable bonds is 7. The maximum Gasteiger partial charge on any atom is 0.225 e. The first-order valence-corrected chi connectivity index (χ1v) is 9.84. The fourth-order valence-electron chi connectivity index (χ4n) is 2.82. The average Bonchev–Trinajstić information content (AvgIpc) is 3.10. The molecule has 1 amide bonds. The Morgan fingerprint density at radius 1 is 1.14 bits per heavy atom. The smallest absolute Gasteiger partial charge is 0.225 e. The van der Waals surface area contributed by atoms with Gasteiger partial charge in [0.25, 0.3) is 0 Å². The summed E-state index contributed by atoms with van der Waals surface area (Å²) >= 11 is 0. The molecule has 1 aromatic carbocycles. The van der Waals surface area contributed by atoms with Crippen LogP contribution in [0.3, 0.4) is 0 Å². The van der Waals surface area contributed by atoms with Crippen molar-refractivity contribution in [2.75, 3.05) is 11.9 Å². The number of benzene rings is 1. The number of carbonyl (C=O) groups excluding carboxylic acids is 1. The molecule has 0 fully saturated rings. The molecule has 0 atom stereocenters. The van der Waals surface area contributed by atoms with Gasteiger partial charge in [-0.15, -0.1) is 0 Å². The zero-order chi connectivity index (χ0) is 20.9. The number of amides is 1. The van der Waals surface area contributed by atoms with Crippen LogP contribution < -0.4 is 10.1 Å². The number of pyridine rings is 1. The molecule has 3 rings (SSSR count). The quantitative estimate of drug-likeness (QED) is 0.593. The fourth-order valence-corrected chi connectivity index (χ4v) is 2.82. The van der Waals surface area contributed by atoms with Crippen LogP contribution in [0, 0.1) is 6.92 Å². The third-order valence-corrected chi connectivity index (χ3v) is 4.42. The Balaban J connectivity index is 1.62. The van der Waals surface area contributed by atoms with Gasteiger partial charge in [0.2, 0.25) is 5.91 Å². The number of nitrogens with one attached hydrogen (secondary N) is 1. The molecule has 152 valence electrons. The molecule has 6 heteroatoms. The van der Waals surface area contributed by atoms with Gasteiger partial charge in [-0.3, -0.25) is 4.79 Å². The second kappa shape index (κ2) is 8.90. The number of anilines is 1. The summed E-state index contributed by atoms with van der Waals surface area (Å²) in [5.74, 6) is 2.04. The SMILES string of the molecule is Cc1cccc(OCCCC(=O)Nc2cc(C(C)(C)C)nn2-c2ccccn2)c1. The second-order valence-corrected chi connectivity index (χ2v) is 8.08.